The van der Waals surface area contributed by atoms with Crippen LogP contribution in [-0.4, -0.2) is 16.0 Å². The molecule has 0 aromatic carbocycles. The predicted molar refractivity (Wildman–Crippen MR) is 71.8 cm³/mol. The average Bonchev–Trinajstić information content (AvgIpc) is 2.79. The first-order valence-corrected chi connectivity index (χ1v) is 5.86. The lowest BCUT2D eigenvalue weighted by Crippen LogP contribution is -2.18. The Morgan fingerprint density at radius 3 is 2.68 bits per heavy atom. The molecular weight excluding hydrogens is 244 g/mol. The highest BCUT2D eigenvalue weighted by Gasteiger charge is 2.19. The summed E-state index contributed by atoms with van der Waals surface area (Å²) in [6.07, 6.45) is 1.39. The van der Waals surface area contributed by atoms with E-state index in [4.69, 9.17) is 5.73 Å². The molecule has 0 saturated heterocycles. The Kier molecular flexibility index (Phi) is 3.25. The molecule has 0 unspecified atom stereocenters. The van der Waals surface area contributed by atoms with Gasteiger partial charge in [-0.2, -0.15) is 0 Å². The van der Waals surface area contributed by atoms with Crippen molar-refractivity contribution in [3.05, 3.63) is 35.7 Å². The molecule has 0 aliphatic carbocycles. The highest BCUT2D eigenvalue weighted by Crippen LogP contribution is 2.22. The number of nitrogens with two attached hydrogens (primary N) is 1. The maximum absolute atomic E-state index is 12.1. The Bertz CT molecular complexity index is 585. The summed E-state index contributed by atoms with van der Waals surface area (Å²) in [6, 6.07) is 4.82. The number of aromatic nitrogens is 2. The van der Waals surface area contributed by atoms with Gasteiger partial charge in [0.25, 0.3) is 5.91 Å². The molecule has 0 saturated carbocycles. The van der Waals surface area contributed by atoms with E-state index in [-0.39, 0.29) is 11.3 Å². The number of hydrogen-bond acceptors (Lipinski definition) is 5. The van der Waals surface area contributed by atoms with E-state index in [1.165, 1.54) is 12.3 Å². The number of hydrogen-bond donors (Lipinski definition) is 2. The topological polar surface area (TPSA) is 94.0 Å². The van der Waals surface area contributed by atoms with Crippen molar-refractivity contribution >= 4 is 17.5 Å². The third-order valence-corrected chi connectivity index (χ3v) is 2.56. The van der Waals surface area contributed by atoms with Crippen molar-refractivity contribution in [2.75, 3.05) is 11.1 Å². The number of carbonyl (C=O) groups is 1. The molecule has 0 fully saturated rings. The third kappa shape index (κ3) is 3.09. The number of carbonyl (C=O) groups excluding carboxylic acids is 1. The maximum Gasteiger partial charge on any atom is 0.257 e. The van der Waals surface area contributed by atoms with E-state index in [9.17, 15) is 4.79 Å². The van der Waals surface area contributed by atoms with E-state index in [1.807, 2.05) is 20.8 Å². The van der Waals surface area contributed by atoms with Crippen LogP contribution in [0.25, 0.3) is 0 Å². The van der Waals surface area contributed by atoms with Crippen LogP contribution < -0.4 is 11.1 Å². The second-order valence-corrected chi connectivity index (χ2v) is 5.25. The minimum Gasteiger partial charge on any atom is -0.384 e. The fraction of sp³-hybridized carbons (Fsp3) is 0.308. The van der Waals surface area contributed by atoms with Gasteiger partial charge in [0.1, 0.15) is 12.1 Å². The highest BCUT2D eigenvalue weighted by atomic mass is 16.5. The molecule has 0 bridgehead atoms. The zero-order valence-corrected chi connectivity index (χ0v) is 11.1. The van der Waals surface area contributed by atoms with Crippen molar-refractivity contribution < 1.29 is 9.32 Å². The number of anilines is 2. The van der Waals surface area contributed by atoms with Gasteiger partial charge in [-0.1, -0.05) is 25.9 Å². The molecular formula is C13H16N4O2. The van der Waals surface area contributed by atoms with E-state index in [0.717, 1.165) is 5.69 Å². The first-order chi connectivity index (χ1) is 8.86. The van der Waals surface area contributed by atoms with E-state index in [1.54, 1.807) is 12.1 Å². The van der Waals surface area contributed by atoms with Crippen LogP contribution in [0.1, 0.15) is 36.8 Å². The standard InChI is InChI=1S/C13H16N4O2/c1-13(2,3)9-6-8(7-10(14)15-9)12(18)16-11-4-5-19-17-11/h4-7H,1-3H3,(H2,14,15)(H,16,17,18). The first-order valence-electron chi connectivity index (χ1n) is 5.86. The molecule has 6 heteroatoms. The van der Waals surface area contributed by atoms with Crippen molar-refractivity contribution in [1.29, 1.82) is 0 Å². The summed E-state index contributed by atoms with van der Waals surface area (Å²) < 4.78 is 4.65. The maximum atomic E-state index is 12.1. The number of nitrogens with zero attached hydrogens (tertiary/aromatic N) is 2. The second kappa shape index (κ2) is 4.72. The van der Waals surface area contributed by atoms with Crippen LogP contribution in [0, 0.1) is 0 Å². The minimum atomic E-state index is -0.298. The van der Waals surface area contributed by atoms with Crippen LogP contribution in [0.4, 0.5) is 11.6 Å². The van der Waals surface area contributed by atoms with Crippen molar-refractivity contribution in [3.8, 4) is 0 Å². The van der Waals surface area contributed by atoms with Gasteiger partial charge in [0, 0.05) is 22.7 Å². The van der Waals surface area contributed by atoms with Gasteiger partial charge in [0.2, 0.25) is 0 Å². The minimum absolute atomic E-state index is 0.182. The molecule has 2 aromatic heterocycles. The van der Waals surface area contributed by atoms with E-state index in [0.29, 0.717) is 17.2 Å². The highest BCUT2D eigenvalue weighted by molar-refractivity contribution is 6.04. The van der Waals surface area contributed by atoms with Gasteiger partial charge in [-0.3, -0.25) is 4.79 Å². The summed E-state index contributed by atoms with van der Waals surface area (Å²) in [6.45, 7) is 6.02. The second-order valence-electron chi connectivity index (χ2n) is 5.25. The molecule has 2 rings (SSSR count). The largest absolute Gasteiger partial charge is 0.384 e. The summed E-state index contributed by atoms with van der Waals surface area (Å²) in [5.41, 5.74) is 6.77. The lowest BCUT2D eigenvalue weighted by Gasteiger charge is -2.18. The average molecular weight is 260 g/mol. The number of amides is 1. The number of rotatable bonds is 2. The lowest BCUT2D eigenvalue weighted by atomic mass is 9.90. The Morgan fingerprint density at radius 2 is 2.11 bits per heavy atom. The molecule has 100 valence electrons. The molecule has 0 radical (unpaired) electrons. The third-order valence-electron chi connectivity index (χ3n) is 2.56. The molecule has 0 spiro atoms. The molecule has 0 aliphatic heterocycles. The fourth-order valence-corrected chi connectivity index (χ4v) is 1.53. The van der Waals surface area contributed by atoms with Crippen molar-refractivity contribution in [2.24, 2.45) is 0 Å². The molecule has 6 nitrogen and oxygen atoms in total. The normalized spacial score (nSPS) is 11.3. The van der Waals surface area contributed by atoms with Gasteiger partial charge < -0.3 is 15.6 Å². The molecule has 0 aliphatic rings. The predicted octanol–water partition coefficient (Wildman–Crippen LogP) is 2.20. The quantitative estimate of drug-likeness (QED) is 0.863. The van der Waals surface area contributed by atoms with Gasteiger partial charge in [-0.25, -0.2) is 4.98 Å². The van der Waals surface area contributed by atoms with Crippen LogP contribution in [0.15, 0.2) is 29.0 Å². The van der Waals surface area contributed by atoms with Crippen molar-refractivity contribution in [1.82, 2.24) is 10.1 Å². The van der Waals surface area contributed by atoms with Crippen LogP contribution in [0.5, 0.6) is 0 Å². The van der Waals surface area contributed by atoms with Gasteiger partial charge in [0.05, 0.1) is 0 Å². The van der Waals surface area contributed by atoms with E-state index in [2.05, 4.69) is 20.0 Å². The Morgan fingerprint density at radius 1 is 1.37 bits per heavy atom. The summed E-state index contributed by atoms with van der Waals surface area (Å²) in [4.78, 5) is 16.3. The monoisotopic (exact) mass is 260 g/mol. The molecule has 3 N–H and O–H groups in total. The Hall–Kier alpha value is -2.37. The fourth-order valence-electron chi connectivity index (χ4n) is 1.53. The first kappa shape index (κ1) is 13.1. The summed E-state index contributed by atoms with van der Waals surface area (Å²) >= 11 is 0. The Labute approximate surface area is 111 Å². The summed E-state index contributed by atoms with van der Waals surface area (Å²) in [5, 5.41) is 6.24. The lowest BCUT2D eigenvalue weighted by molar-refractivity contribution is 0.102. The van der Waals surface area contributed by atoms with Crippen molar-refractivity contribution in [3.63, 3.8) is 0 Å². The van der Waals surface area contributed by atoms with Crippen LogP contribution in [0.2, 0.25) is 0 Å². The molecule has 2 aromatic rings. The zero-order chi connectivity index (χ0) is 14.0. The van der Waals surface area contributed by atoms with Gasteiger partial charge in [-0.05, 0) is 12.1 Å². The SMILES string of the molecule is CC(C)(C)c1cc(C(=O)Nc2ccon2)cc(N)n1. The molecule has 19 heavy (non-hydrogen) atoms. The number of nitrogen functional groups attached to an aromatic ring is 1. The van der Waals surface area contributed by atoms with E-state index >= 15 is 0 Å². The Balaban J connectivity index is 2.29. The van der Waals surface area contributed by atoms with Crippen molar-refractivity contribution in [2.45, 2.75) is 26.2 Å². The molecule has 0 atom stereocenters. The van der Waals surface area contributed by atoms with Crippen LogP contribution >= 0.6 is 0 Å². The van der Waals surface area contributed by atoms with Crippen LogP contribution in [0.3, 0.4) is 0 Å². The zero-order valence-electron chi connectivity index (χ0n) is 11.1. The molecule has 1 amide bonds. The molecule has 2 heterocycles. The number of nitrogens with one attached hydrogen (secondary N) is 1. The van der Waals surface area contributed by atoms with Gasteiger partial charge in [0.15, 0.2) is 5.82 Å². The van der Waals surface area contributed by atoms with Gasteiger partial charge in [-0.15, -0.1) is 0 Å². The summed E-state index contributed by atoms with van der Waals surface area (Å²) in [7, 11) is 0. The van der Waals surface area contributed by atoms with Crippen LogP contribution in [-0.2, 0) is 5.41 Å². The number of pyridine rings is 1. The van der Waals surface area contributed by atoms with Gasteiger partial charge >= 0.3 is 0 Å². The van der Waals surface area contributed by atoms with E-state index < -0.39 is 0 Å². The smallest absolute Gasteiger partial charge is 0.257 e. The summed E-state index contributed by atoms with van der Waals surface area (Å²) in [5.74, 6) is 0.379.